The first-order valence-electron chi connectivity index (χ1n) is 9.91. The van der Waals surface area contributed by atoms with Gasteiger partial charge in [-0.15, -0.1) is 10.2 Å². The molecule has 1 amide bonds. The van der Waals surface area contributed by atoms with E-state index in [4.69, 9.17) is 19.2 Å². The Morgan fingerprint density at radius 3 is 2.34 bits per heavy atom. The molecular formula is C23H22N4O4S. The summed E-state index contributed by atoms with van der Waals surface area (Å²) in [6.45, 7) is 1.99. The third-order valence-electron chi connectivity index (χ3n) is 4.91. The van der Waals surface area contributed by atoms with Crippen molar-refractivity contribution < 1.29 is 19.0 Å². The molecule has 4 rings (SSSR count). The van der Waals surface area contributed by atoms with Gasteiger partial charge in [0, 0.05) is 10.9 Å². The Balaban J connectivity index is 1.83. The van der Waals surface area contributed by atoms with E-state index in [-0.39, 0.29) is 5.91 Å². The first-order chi connectivity index (χ1) is 15.6. The molecule has 0 aliphatic heterocycles. The van der Waals surface area contributed by atoms with E-state index in [0.717, 1.165) is 22.4 Å². The molecule has 32 heavy (non-hydrogen) atoms. The van der Waals surface area contributed by atoms with Crippen LogP contribution in [-0.4, -0.2) is 42.4 Å². The number of carbonyl (C=O) groups excluding carboxylic acids is 1. The van der Waals surface area contributed by atoms with Gasteiger partial charge in [-0.05, 0) is 30.7 Å². The van der Waals surface area contributed by atoms with E-state index in [1.165, 1.54) is 11.3 Å². The molecule has 8 nitrogen and oxygen atoms in total. The molecule has 0 bridgehead atoms. The molecular weight excluding hydrogens is 428 g/mol. The Labute approximate surface area is 189 Å². The fourth-order valence-electron chi connectivity index (χ4n) is 3.35. The Morgan fingerprint density at radius 1 is 1.00 bits per heavy atom. The molecule has 4 aromatic rings. The summed E-state index contributed by atoms with van der Waals surface area (Å²) in [5, 5.41) is 13.0. The molecule has 0 aliphatic rings. The van der Waals surface area contributed by atoms with E-state index in [0.29, 0.717) is 39.2 Å². The van der Waals surface area contributed by atoms with Gasteiger partial charge in [-0.1, -0.05) is 36.5 Å². The molecule has 164 valence electrons. The highest BCUT2D eigenvalue weighted by Crippen LogP contribution is 2.41. The molecule has 2 heterocycles. The van der Waals surface area contributed by atoms with Gasteiger partial charge in [0.05, 0.1) is 38.1 Å². The van der Waals surface area contributed by atoms with Crippen LogP contribution in [-0.2, 0) is 6.42 Å². The molecule has 0 spiro atoms. The second kappa shape index (κ2) is 9.19. The van der Waals surface area contributed by atoms with Crippen molar-refractivity contribution in [2.75, 3.05) is 26.6 Å². The van der Waals surface area contributed by atoms with Gasteiger partial charge in [0.15, 0.2) is 11.5 Å². The smallest absolute Gasteiger partial charge is 0.258 e. The number of rotatable bonds is 7. The van der Waals surface area contributed by atoms with Crippen molar-refractivity contribution >= 4 is 33.3 Å². The minimum Gasteiger partial charge on any atom is -0.493 e. The van der Waals surface area contributed by atoms with E-state index < -0.39 is 0 Å². The highest BCUT2D eigenvalue weighted by atomic mass is 32.1. The van der Waals surface area contributed by atoms with E-state index in [9.17, 15) is 4.79 Å². The minimum absolute atomic E-state index is 0.281. The number of anilines is 1. The third kappa shape index (κ3) is 4.06. The summed E-state index contributed by atoms with van der Waals surface area (Å²) in [6.07, 6.45) is 0.761. The van der Waals surface area contributed by atoms with Crippen LogP contribution in [0.15, 0.2) is 42.5 Å². The van der Waals surface area contributed by atoms with Crippen molar-refractivity contribution in [3.05, 3.63) is 53.0 Å². The second-order valence-corrected chi connectivity index (χ2v) is 7.86. The highest BCUT2D eigenvalue weighted by molar-refractivity contribution is 7.15. The van der Waals surface area contributed by atoms with Crippen LogP contribution in [0.3, 0.4) is 0 Å². The number of nitrogens with zero attached hydrogens (tertiary/aromatic N) is 3. The standard InChI is InChI=1S/C23H22N4O4S/c1-5-20-26-27-23(32-20)25-22(28)15-12-17(24-16-9-7-6-8-14(15)16)13-10-18(29-2)21(31-4)19(11-13)30-3/h6-12H,5H2,1-4H3,(H,25,27,28). The van der Waals surface area contributed by atoms with E-state index >= 15 is 0 Å². The fourth-order valence-corrected chi connectivity index (χ4v) is 4.03. The van der Waals surface area contributed by atoms with Crippen LogP contribution in [0.4, 0.5) is 5.13 Å². The molecule has 0 radical (unpaired) electrons. The molecule has 0 aliphatic carbocycles. The number of aromatic nitrogens is 3. The monoisotopic (exact) mass is 450 g/mol. The Morgan fingerprint density at radius 2 is 1.72 bits per heavy atom. The number of benzene rings is 2. The molecule has 2 aromatic carbocycles. The van der Waals surface area contributed by atoms with Crippen molar-refractivity contribution in [2.24, 2.45) is 0 Å². The summed E-state index contributed by atoms with van der Waals surface area (Å²) in [5.41, 5.74) is 2.49. The molecule has 0 saturated carbocycles. The van der Waals surface area contributed by atoms with Crippen LogP contribution in [0.25, 0.3) is 22.2 Å². The maximum Gasteiger partial charge on any atom is 0.258 e. The lowest BCUT2D eigenvalue weighted by atomic mass is 10.0. The van der Waals surface area contributed by atoms with Crippen LogP contribution in [0.5, 0.6) is 17.2 Å². The molecule has 9 heteroatoms. The highest BCUT2D eigenvalue weighted by Gasteiger charge is 2.19. The number of aryl methyl sites for hydroxylation is 1. The zero-order chi connectivity index (χ0) is 22.7. The zero-order valence-electron chi connectivity index (χ0n) is 18.1. The van der Waals surface area contributed by atoms with Crippen LogP contribution in [0, 0.1) is 0 Å². The number of carbonyl (C=O) groups is 1. The van der Waals surface area contributed by atoms with Crippen molar-refractivity contribution in [1.82, 2.24) is 15.2 Å². The molecule has 2 aromatic heterocycles. The quantitative estimate of drug-likeness (QED) is 0.440. The number of pyridine rings is 1. The van der Waals surface area contributed by atoms with Gasteiger partial charge in [-0.2, -0.15) is 0 Å². The predicted molar refractivity (Wildman–Crippen MR) is 124 cm³/mol. The third-order valence-corrected chi connectivity index (χ3v) is 5.89. The number of fused-ring (bicyclic) bond motifs is 1. The van der Waals surface area contributed by atoms with Crippen molar-refractivity contribution in [1.29, 1.82) is 0 Å². The number of hydrogen-bond acceptors (Lipinski definition) is 8. The number of methoxy groups -OCH3 is 3. The molecule has 0 fully saturated rings. The number of hydrogen-bond donors (Lipinski definition) is 1. The molecule has 1 N–H and O–H groups in total. The first-order valence-corrected chi connectivity index (χ1v) is 10.7. The summed E-state index contributed by atoms with van der Waals surface area (Å²) >= 11 is 1.36. The summed E-state index contributed by atoms with van der Waals surface area (Å²) in [6, 6.07) is 12.9. The molecule has 0 unspecified atom stereocenters. The van der Waals surface area contributed by atoms with Gasteiger partial charge in [0.2, 0.25) is 10.9 Å². The normalized spacial score (nSPS) is 10.8. The average molecular weight is 451 g/mol. The zero-order valence-corrected chi connectivity index (χ0v) is 18.9. The summed E-state index contributed by atoms with van der Waals surface area (Å²) in [4.78, 5) is 17.9. The maximum atomic E-state index is 13.2. The van der Waals surface area contributed by atoms with Crippen molar-refractivity contribution in [3.8, 4) is 28.5 Å². The lowest BCUT2D eigenvalue weighted by Crippen LogP contribution is -2.13. The Bertz CT molecular complexity index is 1260. The van der Waals surface area contributed by atoms with Crippen LogP contribution in [0.2, 0.25) is 0 Å². The van der Waals surface area contributed by atoms with E-state index in [2.05, 4.69) is 15.5 Å². The summed E-state index contributed by atoms with van der Waals surface area (Å²) in [5.74, 6) is 1.21. The summed E-state index contributed by atoms with van der Waals surface area (Å²) in [7, 11) is 4.66. The maximum absolute atomic E-state index is 13.2. The van der Waals surface area contributed by atoms with Gasteiger partial charge in [-0.25, -0.2) is 4.98 Å². The Kier molecular flexibility index (Phi) is 6.18. The van der Waals surface area contributed by atoms with Gasteiger partial charge < -0.3 is 14.2 Å². The average Bonchev–Trinajstić information content (AvgIpc) is 3.29. The number of nitrogens with one attached hydrogen (secondary N) is 1. The van der Waals surface area contributed by atoms with Gasteiger partial charge in [0.25, 0.3) is 5.91 Å². The van der Waals surface area contributed by atoms with Crippen LogP contribution < -0.4 is 19.5 Å². The number of amides is 1. The number of ether oxygens (including phenoxy) is 3. The second-order valence-electron chi connectivity index (χ2n) is 6.79. The van der Waals surface area contributed by atoms with Gasteiger partial charge in [0.1, 0.15) is 5.01 Å². The van der Waals surface area contributed by atoms with Gasteiger partial charge >= 0.3 is 0 Å². The first kappa shape index (κ1) is 21.5. The Hall–Kier alpha value is -3.72. The SMILES string of the molecule is CCc1nnc(NC(=O)c2cc(-c3cc(OC)c(OC)c(OC)c3)nc3ccccc23)s1. The fraction of sp³-hybridized carbons (Fsp3) is 0.217. The summed E-state index contributed by atoms with van der Waals surface area (Å²) < 4.78 is 16.4. The van der Waals surface area contributed by atoms with Gasteiger partial charge in [-0.3, -0.25) is 10.1 Å². The largest absolute Gasteiger partial charge is 0.493 e. The van der Waals surface area contributed by atoms with Crippen LogP contribution in [0.1, 0.15) is 22.3 Å². The van der Waals surface area contributed by atoms with E-state index in [1.807, 2.05) is 31.2 Å². The lowest BCUT2D eigenvalue weighted by molar-refractivity contribution is 0.102. The number of para-hydroxylation sites is 1. The van der Waals surface area contributed by atoms with Crippen molar-refractivity contribution in [3.63, 3.8) is 0 Å². The topological polar surface area (TPSA) is 95.5 Å². The van der Waals surface area contributed by atoms with E-state index in [1.54, 1.807) is 39.5 Å². The van der Waals surface area contributed by atoms with Crippen LogP contribution >= 0.6 is 11.3 Å². The predicted octanol–water partition coefficient (Wildman–Crippen LogP) is 4.59. The molecule has 0 saturated heterocycles. The molecule has 0 atom stereocenters. The minimum atomic E-state index is -0.281. The van der Waals surface area contributed by atoms with Crippen molar-refractivity contribution in [2.45, 2.75) is 13.3 Å². The lowest BCUT2D eigenvalue weighted by Gasteiger charge is -2.15.